The van der Waals surface area contributed by atoms with Crippen molar-refractivity contribution in [3.8, 4) is 0 Å². The number of nitrogens with zero attached hydrogens (tertiary/aromatic N) is 1. The Morgan fingerprint density at radius 3 is 2.73 bits per heavy atom. The molecule has 0 unspecified atom stereocenters. The van der Waals surface area contributed by atoms with Crippen molar-refractivity contribution in [2.24, 2.45) is 0 Å². The predicted molar refractivity (Wildman–Crippen MR) is 57.7 cm³/mol. The molecule has 0 saturated carbocycles. The van der Waals surface area contributed by atoms with Gasteiger partial charge in [0, 0.05) is 5.56 Å². The van der Waals surface area contributed by atoms with Crippen LogP contribution in [0.25, 0.3) is 0 Å². The summed E-state index contributed by atoms with van der Waals surface area (Å²) in [5.74, 6) is -1.16. The maximum atomic E-state index is 12.5. The summed E-state index contributed by atoms with van der Waals surface area (Å²) in [5.41, 5.74) is 4.76. The van der Waals surface area contributed by atoms with Crippen LogP contribution in [0.4, 0.5) is 14.5 Å². The standard InChI is InChI=1S/C8H7F2IN2O2/c9-8(10)3-1-5(11)13-4(7(3)12)2-6(14)15/h1,8H,2,12H2,(H,14,15). The van der Waals surface area contributed by atoms with Crippen LogP contribution in [0.2, 0.25) is 0 Å². The van der Waals surface area contributed by atoms with E-state index in [1.54, 1.807) is 22.6 Å². The Balaban J connectivity index is 3.21. The number of pyridine rings is 1. The van der Waals surface area contributed by atoms with Gasteiger partial charge in [-0.1, -0.05) is 0 Å². The minimum absolute atomic E-state index is 0.0234. The zero-order valence-electron chi connectivity index (χ0n) is 7.38. The van der Waals surface area contributed by atoms with Crippen molar-refractivity contribution < 1.29 is 18.7 Å². The average molecular weight is 328 g/mol. The second-order valence-electron chi connectivity index (χ2n) is 2.77. The van der Waals surface area contributed by atoms with Crippen molar-refractivity contribution in [1.29, 1.82) is 0 Å². The molecule has 0 saturated heterocycles. The number of carbonyl (C=O) groups is 1. The molecule has 0 aliphatic heterocycles. The SMILES string of the molecule is Nc1c(C(F)F)cc(I)nc1CC(=O)O. The number of rotatable bonds is 3. The van der Waals surface area contributed by atoms with Gasteiger partial charge in [-0.25, -0.2) is 13.8 Å². The maximum Gasteiger partial charge on any atom is 0.309 e. The Morgan fingerprint density at radius 2 is 2.27 bits per heavy atom. The molecule has 0 spiro atoms. The van der Waals surface area contributed by atoms with Crippen LogP contribution in [0.15, 0.2) is 6.07 Å². The molecule has 4 nitrogen and oxygen atoms in total. The maximum absolute atomic E-state index is 12.5. The highest BCUT2D eigenvalue weighted by Crippen LogP contribution is 2.28. The van der Waals surface area contributed by atoms with E-state index >= 15 is 0 Å². The van der Waals surface area contributed by atoms with Crippen molar-refractivity contribution in [2.45, 2.75) is 12.8 Å². The first kappa shape index (κ1) is 12.1. The summed E-state index contributed by atoms with van der Waals surface area (Å²) in [7, 11) is 0. The second kappa shape index (κ2) is 4.69. The van der Waals surface area contributed by atoms with Gasteiger partial charge in [-0.3, -0.25) is 4.79 Å². The number of carboxylic acids is 1. The van der Waals surface area contributed by atoms with Gasteiger partial charge in [0.15, 0.2) is 0 Å². The minimum Gasteiger partial charge on any atom is -0.481 e. The topological polar surface area (TPSA) is 76.2 Å². The molecular weight excluding hydrogens is 321 g/mol. The van der Waals surface area contributed by atoms with Crippen molar-refractivity contribution in [1.82, 2.24) is 4.98 Å². The summed E-state index contributed by atoms with van der Waals surface area (Å²) in [5, 5.41) is 8.53. The van der Waals surface area contributed by atoms with Gasteiger partial charge in [0.1, 0.15) is 3.70 Å². The highest BCUT2D eigenvalue weighted by molar-refractivity contribution is 14.1. The predicted octanol–water partition coefficient (Wildman–Crippen LogP) is 1.83. The number of hydrogen-bond acceptors (Lipinski definition) is 3. The molecule has 0 aromatic carbocycles. The van der Waals surface area contributed by atoms with E-state index in [0.717, 1.165) is 6.07 Å². The van der Waals surface area contributed by atoms with Crippen molar-refractivity contribution in [2.75, 3.05) is 5.73 Å². The quantitative estimate of drug-likeness (QED) is 0.656. The van der Waals surface area contributed by atoms with Gasteiger partial charge in [0.2, 0.25) is 0 Å². The van der Waals surface area contributed by atoms with E-state index in [1.807, 2.05) is 0 Å². The van der Waals surface area contributed by atoms with E-state index in [4.69, 9.17) is 10.8 Å². The third kappa shape index (κ3) is 2.98. The fourth-order valence-electron chi connectivity index (χ4n) is 1.05. The van der Waals surface area contributed by atoms with E-state index in [2.05, 4.69) is 4.98 Å². The Hall–Kier alpha value is -0.990. The number of anilines is 1. The molecule has 0 fully saturated rings. The van der Waals surface area contributed by atoms with Gasteiger partial charge >= 0.3 is 5.97 Å². The largest absolute Gasteiger partial charge is 0.481 e. The van der Waals surface area contributed by atoms with Gasteiger partial charge in [0.05, 0.1) is 17.8 Å². The number of hydrogen-bond donors (Lipinski definition) is 2. The molecule has 1 aromatic heterocycles. The Bertz CT molecular complexity index is 398. The van der Waals surface area contributed by atoms with Gasteiger partial charge in [-0.2, -0.15) is 0 Å². The van der Waals surface area contributed by atoms with E-state index in [9.17, 15) is 13.6 Å². The lowest BCUT2D eigenvalue weighted by Gasteiger charge is -2.09. The van der Waals surface area contributed by atoms with Gasteiger partial charge in [0.25, 0.3) is 6.43 Å². The highest BCUT2D eigenvalue weighted by Gasteiger charge is 2.17. The lowest BCUT2D eigenvalue weighted by Crippen LogP contribution is -2.09. The van der Waals surface area contributed by atoms with Crippen LogP contribution in [0.1, 0.15) is 17.7 Å². The molecule has 1 heterocycles. The fourth-order valence-corrected chi connectivity index (χ4v) is 1.68. The molecule has 0 radical (unpaired) electrons. The summed E-state index contributed by atoms with van der Waals surface area (Å²) in [6.07, 6.45) is -3.18. The Labute approximate surface area is 97.6 Å². The van der Waals surface area contributed by atoms with Gasteiger partial charge < -0.3 is 10.8 Å². The molecular formula is C8H7F2IN2O2. The Kier molecular flexibility index (Phi) is 3.77. The van der Waals surface area contributed by atoms with Crippen LogP contribution in [0.3, 0.4) is 0 Å². The molecule has 0 bridgehead atoms. The molecule has 82 valence electrons. The molecule has 0 aliphatic rings. The smallest absolute Gasteiger partial charge is 0.309 e. The zero-order valence-corrected chi connectivity index (χ0v) is 9.53. The number of alkyl halides is 2. The molecule has 1 aromatic rings. The lowest BCUT2D eigenvalue weighted by molar-refractivity contribution is -0.136. The van der Waals surface area contributed by atoms with Gasteiger partial charge in [-0.15, -0.1) is 0 Å². The number of nitrogen functional groups attached to an aromatic ring is 1. The number of nitrogens with two attached hydrogens (primary N) is 1. The first-order valence-corrected chi connectivity index (χ1v) is 4.94. The number of aromatic nitrogens is 1. The minimum atomic E-state index is -2.73. The molecule has 7 heteroatoms. The molecule has 0 aliphatic carbocycles. The summed E-state index contributed by atoms with van der Waals surface area (Å²) >= 11 is 1.73. The zero-order chi connectivity index (χ0) is 11.6. The van der Waals surface area contributed by atoms with Crippen LogP contribution >= 0.6 is 22.6 Å². The summed E-state index contributed by atoms with van der Waals surface area (Å²) in [6, 6.07) is 1.14. The second-order valence-corrected chi connectivity index (χ2v) is 3.87. The molecule has 1 rings (SSSR count). The summed E-state index contributed by atoms with van der Waals surface area (Å²) in [6.45, 7) is 0. The number of halogens is 3. The molecule has 0 amide bonds. The summed E-state index contributed by atoms with van der Waals surface area (Å²) in [4.78, 5) is 14.2. The van der Waals surface area contributed by atoms with Crippen LogP contribution in [0.5, 0.6) is 0 Å². The lowest BCUT2D eigenvalue weighted by atomic mass is 10.1. The fraction of sp³-hybridized carbons (Fsp3) is 0.250. The van der Waals surface area contributed by atoms with Gasteiger partial charge in [-0.05, 0) is 28.7 Å². The van der Waals surface area contributed by atoms with E-state index in [1.165, 1.54) is 0 Å². The van der Waals surface area contributed by atoms with Crippen molar-refractivity contribution in [3.63, 3.8) is 0 Å². The normalized spacial score (nSPS) is 10.7. The van der Waals surface area contributed by atoms with Crippen LogP contribution in [-0.4, -0.2) is 16.1 Å². The van der Waals surface area contributed by atoms with Crippen LogP contribution in [-0.2, 0) is 11.2 Å². The van der Waals surface area contributed by atoms with Crippen molar-refractivity contribution >= 4 is 34.2 Å². The van der Waals surface area contributed by atoms with E-state index in [0.29, 0.717) is 3.70 Å². The molecule has 15 heavy (non-hydrogen) atoms. The average Bonchev–Trinajstić information content (AvgIpc) is 2.09. The summed E-state index contributed by atoms with van der Waals surface area (Å²) < 4.78 is 25.2. The first-order valence-electron chi connectivity index (χ1n) is 3.86. The third-order valence-corrected chi connectivity index (χ3v) is 2.24. The van der Waals surface area contributed by atoms with Crippen LogP contribution in [0, 0.1) is 3.70 Å². The van der Waals surface area contributed by atoms with E-state index in [-0.39, 0.29) is 16.9 Å². The Morgan fingerprint density at radius 1 is 1.67 bits per heavy atom. The van der Waals surface area contributed by atoms with Crippen LogP contribution < -0.4 is 5.73 Å². The molecule has 3 N–H and O–H groups in total. The number of aliphatic carboxylic acids is 1. The first-order chi connectivity index (χ1) is 6.91. The van der Waals surface area contributed by atoms with Crippen molar-refractivity contribution in [3.05, 3.63) is 21.0 Å². The van der Waals surface area contributed by atoms with E-state index < -0.39 is 18.8 Å². The molecule has 0 atom stereocenters. The monoisotopic (exact) mass is 328 g/mol. The number of carboxylic acid groups (broad SMARTS) is 1. The third-order valence-electron chi connectivity index (χ3n) is 1.69. The highest BCUT2D eigenvalue weighted by atomic mass is 127.